The van der Waals surface area contributed by atoms with Crippen LogP contribution in [0.2, 0.25) is 0 Å². The molecular formula is C19H25N5O. The van der Waals surface area contributed by atoms with E-state index in [4.69, 9.17) is 4.74 Å². The first-order chi connectivity index (χ1) is 12.3. The molecule has 0 saturated carbocycles. The summed E-state index contributed by atoms with van der Waals surface area (Å²) in [5.74, 6) is 1.61. The molecule has 2 fully saturated rings. The summed E-state index contributed by atoms with van der Waals surface area (Å²) in [4.78, 5) is 18.1. The third kappa shape index (κ3) is 3.44. The Kier molecular flexibility index (Phi) is 4.53. The zero-order valence-electron chi connectivity index (χ0n) is 14.8. The van der Waals surface area contributed by atoms with Gasteiger partial charge in [-0.2, -0.15) is 0 Å². The number of ether oxygens (including phenoxy) is 1. The fourth-order valence-corrected chi connectivity index (χ4v) is 4.30. The monoisotopic (exact) mass is 339 g/mol. The van der Waals surface area contributed by atoms with Crippen LogP contribution in [-0.2, 0) is 6.54 Å². The van der Waals surface area contributed by atoms with Gasteiger partial charge in [0.25, 0.3) is 0 Å². The largest absolute Gasteiger partial charge is 0.481 e. The minimum absolute atomic E-state index is 0.354. The van der Waals surface area contributed by atoms with Crippen LogP contribution in [0.4, 0.5) is 5.95 Å². The van der Waals surface area contributed by atoms with Gasteiger partial charge in [-0.25, -0.2) is 15.0 Å². The van der Waals surface area contributed by atoms with Crippen molar-refractivity contribution in [2.75, 3.05) is 38.2 Å². The molecule has 0 aromatic carbocycles. The molecule has 0 amide bonds. The molecule has 1 atom stereocenters. The SMILES string of the molecule is COc1ncccc1CN1CCC2(CCCN(c3ncccn3)C2)C1. The van der Waals surface area contributed by atoms with Gasteiger partial charge >= 0.3 is 0 Å². The van der Waals surface area contributed by atoms with Crippen molar-refractivity contribution in [2.24, 2.45) is 5.41 Å². The number of piperidine rings is 1. The van der Waals surface area contributed by atoms with Crippen LogP contribution in [0.15, 0.2) is 36.8 Å². The summed E-state index contributed by atoms with van der Waals surface area (Å²) in [6.07, 6.45) is 9.18. The second-order valence-electron chi connectivity index (χ2n) is 7.21. The lowest BCUT2D eigenvalue weighted by atomic mass is 9.79. The number of aromatic nitrogens is 3. The minimum atomic E-state index is 0.354. The second-order valence-corrected chi connectivity index (χ2v) is 7.21. The zero-order valence-corrected chi connectivity index (χ0v) is 14.8. The van der Waals surface area contributed by atoms with Crippen molar-refractivity contribution < 1.29 is 4.74 Å². The quantitative estimate of drug-likeness (QED) is 0.852. The molecule has 132 valence electrons. The van der Waals surface area contributed by atoms with E-state index in [0.29, 0.717) is 5.41 Å². The van der Waals surface area contributed by atoms with Crippen molar-refractivity contribution in [1.82, 2.24) is 19.9 Å². The highest BCUT2D eigenvalue weighted by atomic mass is 16.5. The average Bonchev–Trinajstić information content (AvgIpc) is 3.04. The average molecular weight is 339 g/mol. The van der Waals surface area contributed by atoms with Gasteiger partial charge < -0.3 is 9.64 Å². The fourth-order valence-electron chi connectivity index (χ4n) is 4.30. The number of hydrogen-bond acceptors (Lipinski definition) is 6. The lowest BCUT2D eigenvalue weighted by molar-refractivity contribution is 0.214. The maximum Gasteiger partial charge on any atom is 0.225 e. The molecule has 2 aromatic heterocycles. The summed E-state index contributed by atoms with van der Waals surface area (Å²) in [5, 5.41) is 0. The van der Waals surface area contributed by atoms with Gasteiger partial charge in [-0.05, 0) is 37.9 Å². The maximum atomic E-state index is 5.40. The van der Waals surface area contributed by atoms with Gasteiger partial charge in [0.15, 0.2) is 0 Å². The fraction of sp³-hybridized carbons (Fsp3) is 0.526. The van der Waals surface area contributed by atoms with Crippen molar-refractivity contribution in [1.29, 1.82) is 0 Å². The normalized spacial score (nSPS) is 24.0. The van der Waals surface area contributed by atoms with Gasteiger partial charge in [0, 0.05) is 55.7 Å². The van der Waals surface area contributed by atoms with Crippen LogP contribution >= 0.6 is 0 Å². The Balaban J connectivity index is 1.44. The molecule has 1 unspecified atom stereocenters. The van der Waals surface area contributed by atoms with E-state index in [1.807, 2.05) is 24.5 Å². The van der Waals surface area contributed by atoms with Gasteiger partial charge in [0.2, 0.25) is 11.8 Å². The Morgan fingerprint density at radius 2 is 1.88 bits per heavy atom. The van der Waals surface area contributed by atoms with Crippen LogP contribution in [0.1, 0.15) is 24.8 Å². The van der Waals surface area contributed by atoms with Gasteiger partial charge in [-0.1, -0.05) is 6.07 Å². The lowest BCUT2D eigenvalue weighted by Gasteiger charge is -2.40. The van der Waals surface area contributed by atoms with Crippen LogP contribution in [0, 0.1) is 5.41 Å². The first kappa shape index (κ1) is 16.3. The van der Waals surface area contributed by atoms with E-state index in [2.05, 4.69) is 30.8 Å². The van der Waals surface area contributed by atoms with Crippen LogP contribution < -0.4 is 9.64 Å². The molecule has 0 radical (unpaired) electrons. The van der Waals surface area contributed by atoms with E-state index in [0.717, 1.165) is 44.6 Å². The standard InChI is InChI=1S/C19H25N5O/c1-25-17-16(5-2-8-20-17)13-23-12-7-19(14-23)6-3-11-24(15-19)18-21-9-4-10-22-18/h2,4-5,8-10H,3,6-7,11-15H2,1H3. The van der Waals surface area contributed by atoms with Crippen LogP contribution in [0.5, 0.6) is 5.88 Å². The number of methoxy groups -OCH3 is 1. The molecule has 0 aliphatic carbocycles. The van der Waals surface area contributed by atoms with Crippen molar-refractivity contribution in [3.8, 4) is 5.88 Å². The van der Waals surface area contributed by atoms with E-state index in [9.17, 15) is 0 Å². The van der Waals surface area contributed by atoms with Gasteiger partial charge in [0.05, 0.1) is 7.11 Å². The number of pyridine rings is 1. The van der Waals surface area contributed by atoms with E-state index >= 15 is 0 Å². The first-order valence-electron chi connectivity index (χ1n) is 9.00. The maximum absolute atomic E-state index is 5.40. The third-order valence-electron chi connectivity index (χ3n) is 5.45. The van der Waals surface area contributed by atoms with E-state index < -0.39 is 0 Å². The second kappa shape index (κ2) is 6.96. The number of rotatable bonds is 4. The molecule has 4 rings (SSSR count). The Hall–Kier alpha value is -2.21. The highest BCUT2D eigenvalue weighted by Crippen LogP contribution is 2.40. The molecule has 0 N–H and O–H groups in total. The number of likely N-dealkylation sites (tertiary alicyclic amines) is 1. The molecule has 2 saturated heterocycles. The summed E-state index contributed by atoms with van der Waals surface area (Å²) in [7, 11) is 1.69. The molecule has 1 spiro atoms. The number of hydrogen-bond donors (Lipinski definition) is 0. The molecule has 6 heteroatoms. The van der Waals surface area contributed by atoms with Crippen molar-refractivity contribution in [2.45, 2.75) is 25.8 Å². The van der Waals surface area contributed by atoms with Gasteiger partial charge in [-0.15, -0.1) is 0 Å². The van der Waals surface area contributed by atoms with E-state index in [-0.39, 0.29) is 0 Å². The summed E-state index contributed by atoms with van der Waals surface area (Å²) in [6, 6.07) is 5.97. The van der Waals surface area contributed by atoms with Crippen LogP contribution in [0.25, 0.3) is 0 Å². The Morgan fingerprint density at radius 3 is 2.72 bits per heavy atom. The minimum Gasteiger partial charge on any atom is -0.481 e. The van der Waals surface area contributed by atoms with Crippen molar-refractivity contribution >= 4 is 5.95 Å². The summed E-state index contributed by atoms with van der Waals surface area (Å²) in [6.45, 7) is 5.26. The predicted octanol–water partition coefficient (Wildman–Crippen LogP) is 2.37. The highest BCUT2D eigenvalue weighted by Gasteiger charge is 2.41. The summed E-state index contributed by atoms with van der Waals surface area (Å²) >= 11 is 0. The first-order valence-corrected chi connectivity index (χ1v) is 9.00. The smallest absolute Gasteiger partial charge is 0.225 e. The topological polar surface area (TPSA) is 54.4 Å². The number of anilines is 1. The summed E-state index contributed by atoms with van der Waals surface area (Å²) in [5.41, 5.74) is 1.52. The Labute approximate surface area is 148 Å². The molecule has 25 heavy (non-hydrogen) atoms. The molecule has 0 bridgehead atoms. The zero-order chi connectivity index (χ0) is 17.1. The Bertz CT molecular complexity index is 710. The van der Waals surface area contributed by atoms with E-state index in [1.165, 1.54) is 24.8 Å². The van der Waals surface area contributed by atoms with Gasteiger partial charge in [-0.3, -0.25) is 4.90 Å². The predicted molar refractivity (Wildman–Crippen MR) is 96.6 cm³/mol. The number of nitrogens with zero attached hydrogens (tertiary/aromatic N) is 5. The van der Waals surface area contributed by atoms with Crippen molar-refractivity contribution in [3.05, 3.63) is 42.4 Å². The highest BCUT2D eigenvalue weighted by molar-refractivity contribution is 5.31. The molecule has 2 aliphatic heterocycles. The molecular weight excluding hydrogens is 314 g/mol. The molecule has 2 aromatic rings. The van der Waals surface area contributed by atoms with E-state index in [1.54, 1.807) is 13.3 Å². The lowest BCUT2D eigenvalue weighted by Crippen LogP contribution is -2.45. The Morgan fingerprint density at radius 1 is 1.04 bits per heavy atom. The third-order valence-corrected chi connectivity index (χ3v) is 5.45. The van der Waals surface area contributed by atoms with Crippen LogP contribution in [-0.4, -0.2) is 53.1 Å². The summed E-state index contributed by atoms with van der Waals surface area (Å²) < 4.78 is 5.40. The molecule has 4 heterocycles. The van der Waals surface area contributed by atoms with Crippen molar-refractivity contribution in [3.63, 3.8) is 0 Å². The van der Waals surface area contributed by atoms with Crippen LogP contribution in [0.3, 0.4) is 0 Å². The van der Waals surface area contributed by atoms with Gasteiger partial charge in [0.1, 0.15) is 0 Å². The molecule has 2 aliphatic rings. The molecule has 6 nitrogen and oxygen atoms in total.